The third-order valence-electron chi connectivity index (χ3n) is 4.85. The van der Waals surface area contributed by atoms with E-state index in [1.54, 1.807) is 11.0 Å². The summed E-state index contributed by atoms with van der Waals surface area (Å²) in [6.07, 6.45) is 0.162. The summed E-state index contributed by atoms with van der Waals surface area (Å²) in [7, 11) is 0. The summed E-state index contributed by atoms with van der Waals surface area (Å²) in [6, 6.07) is 16.9. The van der Waals surface area contributed by atoms with Crippen LogP contribution in [0.2, 0.25) is 0 Å². The number of hydrogen-bond donors (Lipinski definition) is 2. The Bertz CT molecular complexity index is 872. The predicted molar refractivity (Wildman–Crippen MR) is 110 cm³/mol. The number of carbonyl (C=O) groups excluding carboxylic acids is 3. The van der Waals surface area contributed by atoms with Gasteiger partial charge in [-0.2, -0.15) is 0 Å². The normalized spacial score (nSPS) is 17.3. The summed E-state index contributed by atoms with van der Waals surface area (Å²) in [5.74, 6) is -1.10. The van der Waals surface area contributed by atoms with E-state index in [1.165, 1.54) is 0 Å². The molecule has 2 aromatic rings. The summed E-state index contributed by atoms with van der Waals surface area (Å²) >= 11 is 3.36. The van der Waals surface area contributed by atoms with Crippen LogP contribution in [-0.4, -0.2) is 35.7 Å². The van der Waals surface area contributed by atoms with Crippen molar-refractivity contribution in [3.63, 3.8) is 0 Å². The molecule has 2 atom stereocenters. The van der Waals surface area contributed by atoms with Crippen LogP contribution in [0.4, 0.5) is 5.69 Å². The van der Waals surface area contributed by atoms with Gasteiger partial charge in [-0.25, -0.2) is 0 Å². The van der Waals surface area contributed by atoms with Crippen LogP contribution in [0.25, 0.3) is 0 Å². The van der Waals surface area contributed by atoms with Crippen molar-refractivity contribution < 1.29 is 14.4 Å². The number of hydrogen-bond acceptors (Lipinski definition) is 3. The van der Waals surface area contributed by atoms with Crippen molar-refractivity contribution >= 4 is 39.3 Å². The zero-order chi connectivity index (χ0) is 20.1. The Kier molecular flexibility index (Phi) is 6.46. The molecule has 7 heteroatoms. The highest BCUT2D eigenvalue weighted by atomic mass is 79.9. The van der Waals surface area contributed by atoms with E-state index in [0.29, 0.717) is 12.2 Å². The average Bonchev–Trinajstić information content (AvgIpc) is 3.10. The van der Waals surface area contributed by atoms with E-state index in [9.17, 15) is 14.4 Å². The highest BCUT2D eigenvalue weighted by molar-refractivity contribution is 9.10. The molecule has 0 saturated carbocycles. The lowest BCUT2D eigenvalue weighted by atomic mass is 10.1. The lowest BCUT2D eigenvalue weighted by Gasteiger charge is -2.25. The molecule has 3 rings (SSSR count). The van der Waals surface area contributed by atoms with Crippen molar-refractivity contribution in [1.29, 1.82) is 0 Å². The van der Waals surface area contributed by atoms with E-state index in [4.69, 9.17) is 0 Å². The number of likely N-dealkylation sites (tertiary alicyclic amines) is 1. The first-order valence-electron chi connectivity index (χ1n) is 9.12. The number of halogens is 1. The van der Waals surface area contributed by atoms with E-state index in [-0.39, 0.29) is 36.7 Å². The minimum absolute atomic E-state index is 0.0471. The molecule has 146 valence electrons. The van der Waals surface area contributed by atoms with Crippen molar-refractivity contribution in [2.45, 2.75) is 19.4 Å². The van der Waals surface area contributed by atoms with Gasteiger partial charge in [0.25, 0.3) is 0 Å². The van der Waals surface area contributed by atoms with Gasteiger partial charge in [0.15, 0.2) is 0 Å². The topological polar surface area (TPSA) is 78.5 Å². The van der Waals surface area contributed by atoms with E-state index >= 15 is 0 Å². The van der Waals surface area contributed by atoms with Crippen molar-refractivity contribution in [3.8, 4) is 0 Å². The largest absolute Gasteiger partial charge is 0.347 e. The Morgan fingerprint density at radius 3 is 2.54 bits per heavy atom. The molecule has 0 bridgehead atoms. The number of anilines is 1. The number of nitrogens with one attached hydrogen (secondary N) is 2. The van der Waals surface area contributed by atoms with E-state index in [2.05, 4.69) is 26.6 Å². The van der Waals surface area contributed by atoms with Crippen LogP contribution in [0.15, 0.2) is 59.1 Å². The standard InChI is InChI=1S/C21H22BrN3O3/c1-14(15-7-3-2-4-8-15)25-13-16(11-20(25)27)21(28)23-12-19(26)24-18-10-6-5-9-17(18)22/h2-10,14,16H,11-13H2,1H3,(H,23,28)(H,24,26). The van der Waals surface area contributed by atoms with E-state index < -0.39 is 5.92 Å². The first-order chi connectivity index (χ1) is 13.5. The highest BCUT2D eigenvalue weighted by Gasteiger charge is 2.37. The smallest absolute Gasteiger partial charge is 0.243 e. The number of carbonyl (C=O) groups is 3. The molecular weight excluding hydrogens is 422 g/mol. The second kappa shape index (κ2) is 9.01. The second-order valence-corrected chi connectivity index (χ2v) is 7.63. The number of benzene rings is 2. The molecular formula is C21H22BrN3O3. The molecule has 0 aromatic heterocycles. The maximum Gasteiger partial charge on any atom is 0.243 e. The zero-order valence-corrected chi connectivity index (χ0v) is 17.1. The monoisotopic (exact) mass is 443 g/mol. The van der Waals surface area contributed by atoms with Gasteiger partial charge in [-0.3, -0.25) is 14.4 Å². The molecule has 2 unspecified atom stereocenters. The van der Waals surface area contributed by atoms with Crippen LogP contribution >= 0.6 is 15.9 Å². The molecule has 1 fully saturated rings. The summed E-state index contributed by atoms with van der Waals surface area (Å²) in [5.41, 5.74) is 1.67. The van der Waals surface area contributed by atoms with Gasteiger partial charge in [0.05, 0.1) is 24.2 Å². The predicted octanol–water partition coefficient (Wildman–Crippen LogP) is 3.11. The van der Waals surface area contributed by atoms with Crippen molar-refractivity contribution in [2.75, 3.05) is 18.4 Å². The molecule has 1 aliphatic rings. The Labute approximate surface area is 172 Å². The van der Waals surface area contributed by atoms with Crippen LogP contribution in [0.3, 0.4) is 0 Å². The molecule has 1 saturated heterocycles. The van der Waals surface area contributed by atoms with Gasteiger partial charge >= 0.3 is 0 Å². The Morgan fingerprint density at radius 1 is 1.14 bits per heavy atom. The van der Waals surface area contributed by atoms with E-state index in [1.807, 2.05) is 55.5 Å². The Balaban J connectivity index is 1.52. The summed E-state index contributed by atoms with van der Waals surface area (Å²) < 4.78 is 0.765. The number of nitrogens with zero attached hydrogens (tertiary/aromatic N) is 1. The Morgan fingerprint density at radius 2 is 1.82 bits per heavy atom. The van der Waals surface area contributed by atoms with E-state index in [0.717, 1.165) is 10.0 Å². The molecule has 28 heavy (non-hydrogen) atoms. The quantitative estimate of drug-likeness (QED) is 0.719. The number of amides is 3. The number of para-hydroxylation sites is 1. The maximum absolute atomic E-state index is 12.4. The summed E-state index contributed by atoms with van der Waals surface area (Å²) in [5, 5.41) is 5.37. The van der Waals surface area contributed by atoms with Gasteiger partial charge in [0.2, 0.25) is 17.7 Å². The van der Waals surface area contributed by atoms with Gasteiger partial charge in [0, 0.05) is 17.4 Å². The Hall–Kier alpha value is -2.67. The highest BCUT2D eigenvalue weighted by Crippen LogP contribution is 2.28. The zero-order valence-electron chi connectivity index (χ0n) is 15.5. The molecule has 2 aromatic carbocycles. The minimum atomic E-state index is -0.449. The fourth-order valence-corrected chi connectivity index (χ4v) is 3.65. The molecule has 6 nitrogen and oxygen atoms in total. The van der Waals surface area contributed by atoms with Gasteiger partial charge in [-0.1, -0.05) is 42.5 Å². The van der Waals surface area contributed by atoms with Gasteiger partial charge in [0.1, 0.15) is 0 Å². The second-order valence-electron chi connectivity index (χ2n) is 6.78. The lowest BCUT2D eigenvalue weighted by molar-refractivity contribution is -0.130. The third-order valence-corrected chi connectivity index (χ3v) is 5.54. The van der Waals surface area contributed by atoms with Crippen LogP contribution in [0, 0.1) is 5.92 Å². The SMILES string of the molecule is CC(c1ccccc1)N1CC(C(=O)NCC(=O)Nc2ccccc2Br)CC1=O. The molecule has 1 heterocycles. The molecule has 0 spiro atoms. The van der Waals surface area contributed by atoms with Gasteiger partial charge < -0.3 is 15.5 Å². The van der Waals surface area contributed by atoms with Crippen molar-refractivity contribution in [2.24, 2.45) is 5.92 Å². The fourth-order valence-electron chi connectivity index (χ4n) is 3.26. The summed E-state index contributed by atoms with van der Waals surface area (Å²) in [4.78, 5) is 38.6. The molecule has 2 N–H and O–H groups in total. The average molecular weight is 444 g/mol. The van der Waals surface area contributed by atoms with Crippen LogP contribution in [0.5, 0.6) is 0 Å². The summed E-state index contributed by atoms with van der Waals surface area (Å²) in [6.45, 7) is 2.17. The maximum atomic E-state index is 12.4. The molecule has 0 aliphatic carbocycles. The molecule has 1 aliphatic heterocycles. The van der Waals surface area contributed by atoms with Crippen molar-refractivity contribution in [3.05, 3.63) is 64.6 Å². The first-order valence-corrected chi connectivity index (χ1v) is 9.91. The van der Waals surface area contributed by atoms with Crippen LogP contribution < -0.4 is 10.6 Å². The molecule has 0 radical (unpaired) electrons. The number of rotatable bonds is 6. The van der Waals surface area contributed by atoms with Gasteiger partial charge in [-0.05, 0) is 40.5 Å². The fraction of sp³-hybridized carbons (Fsp3) is 0.286. The lowest BCUT2D eigenvalue weighted by Crippen LogP contribution is -2.38. The van der Waals surface area contributed by atoms with Gasteiger partial charge in [-0.15, -0.1) is 0 Å². The third kappa shape index (κ3) is 4.78. The van der Waals surface area contributed by atoms with Crippen LogP contribution in [0.1, 0.15) is 24.9 Å². The minimum Gasteiger partial charge on any atom is -0.347 e. The molecule has 3 amide bonds. The first kappa shape index (κ1) is 20.1. The van der Waals surface area contributed by atoms with Crippen molar-refractivity contribution in [1.82, 2.24) is 10.2 Å². The van der Waals surface area contributed by atoms with Crippen LogP contribution in [-0.2, 0) is 14.4 Å².